The molecule has 18 heavy (non-hydrogen) atoms. The summed E-state index contributed by atoms with van der Waals surface area (Å²) in [6.07, 6.45) is 5.93. The highest BCUT2D eigenvalue weighted by Gasteiger charge is 2.39. The van der Waals surface area contributed by atoms with Crippen molar-refractivity contribution in [2.75, 3.05) is 0 Å². The minimum Gasteiger partial charge on any atom is -0.0896 e. The molecule has 3 nitrogen and oxygen atoms in total. The van der Waals surface area contributed by atoms with E-state index in [0.717, 1.165) is 11.4 Å². The highest BCUT2D eigenvalue weighted by atomic mass is 35.5. The van der Waals surface area contributed by atoms with Crippen molar-refractivity contribution in [3.8, 4) is 0 Å². The van der Waals surface area contributed by atoms with Gasteiger partial charge in [0, 0.05) is 16.0 Å². The lowest BCUT2D eigenvalue weighted by molar-refractivity contribution is 0.393. The van der Waals surface area contributed by atoms with Crippen molar-refractivity contribution < 1.29 is 0 Å². The van der Waals surface area contributed by atoms with E-state index in [1.54, 1.807) is 0 Å². The molecule has 0 amide bonds. The first-order valence-electron chi connectivity index (χ1n) is 6.62. The van der Waals surface area contributed by atoms with Gasteiger partial charge >= 0.3 is 0 Å². The molecule has 0 spiro atoms. The van der Waals surface area contributed by atoms with Crippen LogP contribution in [0.2, 0.25) is 5.02 Å². The summed E-state index contributed by atoms with van der Waals surface area (Å²) in [5.41, 5.74) is 11.3. The molecule has 94 valence electrons. The van der Waals surface area contributed by atoms with Crippen LogP contribution in [0.5, 0.6) is 0 Å². The molecule has 4 heteroatoms. The number of azide groups is 1. The molecule has 2 unspecified atom stereocenters. The number of fused-ring (bicyclic) bond motifs is 1. The fourth-order valence-electron chi connectivity index (χ4n) is 3.71. The quantitative estimate of drug-likeness (QED) is 0.415. The Labute approximate surface area is 112 Å². The minimum absolute atomic E-state index is 0.0630. The van der Waals surface area contributed by atoms with Crippen molar-refractivity contribution in [3.63, 3.8) is 0 Å². The topological polar surface area (TPSA) is 48.8 Å². The molecule has 1 aromatic rings. The molecule has 2 aliphatic carbocycles. The highest BCUT2D eigenvalue weighted by Crippen LogP contribution is 2.47. The fourth-order valence-corrected chi connectivity index (χ4v) is 3.97. The molecule has 0 aliphatic heterocycles. The van der Waals surface area contributed by atoms with Gasteiger partial charge in [0.05, 0.1) is 0 Å². The first-order valence-corrected chi connectivity index (χ1v) is 7.00. The summed E-state index contributed by atoms with van der Waals surface area (Å²) in [5.74, 6) is 1.05. The Bertz CT molecular complexity index is 502. The molecule has 1 saturated carbocycles. The van der Waals surface area contributed by atoms with Gasteiger partial charge in [-0.25, -0.2) is 0 Å². The van der Waals surface area contributed by atoms with Crippen molar-refractivity contribution in [1.82, 2.24) is 0 Å². The Morgan fingerprint density at radius 2 is 2.06 bits per heavy atom. The summed E-state index contributed by atoms with van der Waals surface area (Å²) in [6.45, 7) is 0. The van der Waals surface area contributed by atoms with Crippen LogP contribution in [0.15, 0.2) is 23.3 Å². The van der Waals surface area contributed by atoms with Gasteiger partial charge in [-0.15, -0.1) is 0 Å². The van der Waals surface area contributed by atoms with Gasteiger partial charge in [0.25, 0.3) is 0 Å². The molecule has 2 atom stereocenters. The van der Waals surface area contributed by atoms with Crippen LogP contribution in [-0.2, 0) is 6.42 Å². The van der Waals surface area contributed by atoms with E-state index >= 15 is 0 Å². The third-order valence-electron chi connectivity index (χ3n) is 4.45. The summed E-state index contributed by atoms with van der Waals surface area (Å²) >= 11 is 6.27. The van der Waals surface area contributed by atoms with Gasteiger partial charge in [0.2, 0.25) is 0 Å². The number of nitrogens with zero attached hydrogens (tertiary/aromatic N) is 3. The van der Waals surface area contributed by atoms with Gasteiger partial charge in [0.1, 0.15) is 0 Å². The maximum atomic E-state index is 8.76. The average molecular weight is 262 g/mol. The summed E-state index contributed by atoms with van der Waals surface area (Å²) in [4.78, 5) is 3.03. The molecule has 1 fully saturated rings. The number of halogens is 1. The Hall–Kier alpha value is -1.18. The van der Waals surface area contributed by atoms with Gasteiger partial charge < -0.3 is 0 Å². The third kappa shape index (κ3) is 1.88. The first kappa shape index (κ1) is 11.9. The second-order valence-electron chi connectivity index (χ2n) is 5.35. The standard InChI is InChI=1S/C14H16ClN3/c15-12-7-3-6-10-11(12)8-13(17-18-16)14(10)9-4-1-2-5-9/h3,6-7,9,13-14H,1-2,4-5,8H2. The second-order valence-corrected chi connectivity index (χ2v) is 5.76. The largest absolute Gasteiger partial charge is 0.0896 e. The maximum Gasteiger partial charge on any atom is 0.0486 e. The molecule has 0 heterocycles. The predicted molar refractivity (Wildman–Crippen MR) is 72.8 cm³/mol. The van der Waals surface area contributed by atoms with Crippen LogP contribution in [0, 0.1) is 5.92 Å². The Morgan fingerprint density at radius 3 is 2.78 bits per heavy atom. The van der Waals surface area contributed by atoms with Crippen molar-refractivity contribution in [2.45, 2.75) is 44.1 Å². The van der Waals surface area contributed by atoms with Gasteiger partial charge in [-0.2, -0.15) is 0 Å². The van der Waals surface area contributed by atoms with Crippen molar-refractivity contribution >= 4 is 11.6 Å². The molecule has 1 aromatic carbocycles. The molecule has 0 bridgehead atoms. The van der Waals surface area contributed by atoms with Crippen LogP contribution in [0.25, 0.3) is 10.4 Å². The molecule has 0 N–H and O–H groups in total. The third-order valence-corrected chi connectivity index (χ3v) is 4.80. The normalized spacial score (nSPS) is 26.9. The van der Waals surface area contributed by atoms with E-state index in [2.05, 4.69) is 16.1 Å². The summed E-state index contributed by atoms with van der Waals surface area (Å²) in [7, 11) is 0. The molecule has 0 aromatic heterocycles. The molecular weight excluding hydrogens is 246 g/mol. The van der Waals surface area contributed by atoms with Crippen LogP contribution in [0.1, 0.15) is 42.7 Å². The van der Waals surface area contributed by atoms with E-state index in [-0.39, 0.29) is 6.04 Å². The summed E-state index contributed by atoms with van der Waals surface area (Å²) < 4.78 is 0. The Kier molecular flexibility index (Phi) is 3.19. The molecule has 0 radical (unpaired) electrons. The smallest absolute Gasteiger partial charge is 0.0486 e. The second kappa shape index (κ2) is 4.83. The minimum atomic E-state index is 0.0630. The number of rotatable bonds is 2. The number of benzene rings is 1. The maximum absolute atomic E-state index is 8.76. The van der Waals surface area contributed by atoms with Crippen LogP contribution in [0.4, 0.5) is 0 Å². The van der Waals surface area contributed by atoms with Gasteiger partial charge in [0.15, 0.2) is 0 Å². The van der Waals surface area contributed by atoms with E-state index in [1.165, 1.54) is 36.8 Å². The van der Waals surface area contributed by atoms with E-state index in [1.807, 2.05) is 12.1 Å². The lowest BCUT2D eigenvalue weighted by Gasteiger charge is -2.23. The van der Waals surface area contributed by atoms with Crippen molar-refractivity contribution in [1.29, 1.82) is 0 Å². The zero-order valence-electron chi connectivity index (χ0n) is 10.2. The van der Waals surface area contributed by atoms with Crippen molar-refractivity contribution in [3.05, 3.63) is 44.8 Å². The number of hydrogen-bond donors (Lipinski definition) is 0. The fraction of sp³-hybridized carbons (Fsp3) is 0.571. The monoisotopic (exact) mass is 261 g/mol. The van der Waals surface area contributed by atoms with E-state index in [4.69, 9.17) is 17.1 Å². The highest BCUT2D eigenvalue weighted by molar-refractivity contribution is 6.31. The average Bonchev–Trinajstić information content (AvgIpc) is 2.96. The molecule has 3 rings (SSSR count). The zero-order chi connectivity index (χ0) is 12.5. The van der Waals surface area contributed by atoms with Crippen LogP contribution in [-0.4, -0.2) is 6.04 Å². The molecule has 2 aliphatic rings. The lowest BCUT2D eigenvalue weighted by atomic mass is 9.84. The number of hydrogen-bond acceptors (Lipinski definition) is 1. The van der Waals surface area contributed by atoms with E-state index in [9.17, 15) is 0 Å². The van der Waals surface area contributed by atoms with Crippen LogP contribution >= 0.6 is 11.6 Å². The Balaban J connectivity index is 2.02. The summed E-state index contributed by atoms with van der Waals surface area (Å²) in [6, 6.07) is 6.18. The van der Waals surface area contributed by atoms with E-state index < -0.39 is 0 Å². The van der Waals surface area contributed by atoms with E-state index in [0.29, 0.717) is 11.8 Å². The first-order chi connectivity index (χ1) is 8.81. The molecular formula is C14H16ClN3. The van der Waals surface area contributed by atoms with Crippen LogP contribution < -0.4 is 0 Å². The lowest BCUT2D eigenvalue weighted by Crippen LogP contribution is -2.18. The van der Waals surface area contributed by atoms with Gasteiger partial charge in [-0.3, -0.25) is 0 Å². The van der Waals surface area contributed by atoms with Crippen molar-refractivity contribution in [2.24, 2.45) is 11.0 Å². The molecule has 0 saturated heterocycles. The van der Waals surface area contributed by atoms with Gasteiger partial charge in [-0.05, 0) is 53.8 Å². The Morgan fingerprint density at radius 1 is 1.28 bits per heavy atom. The van der Waals surface area contributed by atoms with Crippen LogP contribution in [0.3, 0.4) is 0 Å². The summed E-state index contributed by atoms with van der Waals surface area (Å²) in [5, 5.41) is 4.85. The predicted octanol–water partition coefficient (Wildman–Crippen LogP) is 4.85. The SMILES string of the molecule is [N-]=[N+]=NC1Cc2c(Cl)cccc2C1C1CCCC1. The van der Waals surface area contributed by atoms with Gasteiger partial charge in [-0.1, -0.05) is 41.7 Å². The zero-order valence-corrected chi connectivity index (χ0v) is 11.0.